The van der Waals surface area contributed by atoms with E-state index in [4.69, 9.17) is 0 Å². The van der Waals surface area contributed by atoms with Crippen molar-refractivity contribution in [2.75, 3.05) is 4.72 Å². The molecular weight excluding hydrogens is 358 g/mol. The van der Waals surface area contributed by atoms with E-state index in [0.29, 0.717) is 12.1 Å². The number of thiazole rings is 1. The summed E-state index contributed by atoms with van der Waals surface area (Å²) in [7, 11) is -2.68. The number of rotatable bonds is 6. The van der Waals surface area contributed by atoms with Crippen molar-refractivity contribution < 1.29 is 13.2 Å². The van der Waals surface area contributed by atoms with Gasteiger partial charge in [0.05, 0.1) is 6.04 Å². The van der Waals surface area contributed by atoms with Crippen LogP contribution in [0.1, 0.15) is 43.1 Å². The number of carbonyl (C=O) groups is 1. The average Bonchev–Trinajstić information content (AvgIpc) is 2.93. The molecule has 0 radical (unpaired) electrons. The summed E-state index contributed by atoms with van der Waals surface area (Å²) in [4.78, 5) is 16.9. The lowest BCUT2D eigenvalue weighted by Crippen LogP contribution is -2.38. The second-order valence-electron chi connectivity index (χ2n) is 6.87. The van der Waals surface area contributed by atoms with E-state index in [9.17, 15) is 13.2 Å². The molecule has 2 rings (SSSR count). The van der Waals surface area contributed by atoms with Crippen molar-refractivity contribution in [2.24, 2.45) is 5.41 Å². The first-order valence-corrected chi connectivity index (χ1v) is 9.94. The summed E-state index contributed by atoms with van der Waals surface area (Å²) in [6, 6.07) is 6.88. The average molecular weight is 382 g/mol. The van der Waals surface area contributed by atoms with Crippen LogP contribution in [0.25, 0.3) is 0 Å². The van der Waals surface area contributed by atoms with Gasteiger partial charge in [0, 0.05) is 22.2 Å². The van der Waals surface area contributed by atoms with Gasteiger partial charge in [0.25, 0.3) is 0 Å². The van der Waals surface area contributed by atoms with Gasteiger partial charge >= 0.3 is 0 Å². The van der Waals surface area contributed by atoms with Crippen LogP contribution in [0, 0.1) is 12.3 Å². The standard InChI is InChI=1S/C17H23N3O3S2/c1-11-10-24-15(18-11)14(19-16(21)17(2,3)4)9-12-5-7-13(8-6-12)20-25(22)23/h5-8,10,14,25H,9H2,1-4H3,(H,19,21)(H,20,22,23)/t14-/m0/s1. The molecule has 0 spiro atoms. The van der Waals surface area contributed by atoms with Gasteiger partial charge in [-0.1, -0.05) is 32.9 Å². The summed E-state index contributed by atoms with van der Waals surface area (Å²) in [6.45, 7) is 7.54. The Morgan fingerprint density at radius 2 is 1.88 bits per heavy atom. The normalized spacial score (nSPS) is 12.8. The number of hydrogen-bond donors (Lipinski definition) is 3. The Morgan fingerprint density at radius 1 is 1.24 bits per heavy atom. The van der Waals surface area contributed by atoms with Crippen molar-refractivity contribution >= 4 is 33.8 Å². The smallest absolute Gasteiger partial charge is 0.225 e. The third-order valence-electron chi connectivity index (χ3n) is 3.54. The van der Waals surface area contributed by atoms with Gasteiger partial charge in [-0.15, -0.1) is 11.3 Å². The molecule has 1 amide bonds. The predicted octanol–water partition coefficient (Wildman–Crippen LogP) is 2.84. The lowest BCUT2D eigenvalue weighted by molar-refractivity contribution is -0.129. The zero-order chi connectivity index (χ0) is 18.6. The van der Waals surface area contributed by atoms with E-state index in [2.05, 4.69) is 15.0 Å². The number of anilines is 1. The molecule has 0 bridgehead atoms. The van der Waals surface area contributed by atoms with Crippen LogP contribution in [-0.4, -0.2) is 19.3 Å². The van der Waals surface area contributed by atoms with Crippen LogP contribution in [0.5, 0.6) is 0 Å². The van der Waals surface area contributed by atoms with Gasteiger partial charge in [0.1, 0.15) is 5.01 Å². The monoisotopic (exact) mass is 381 g/mol. The minimum absolute atomic E-state index is 0.0352. The van der Waals surface area contributed by atoms with E-state index in [1.807, 2.05) is 45.2 Å². The molecule has 25 heavy (non-hydrogen) atoms. The van der Waals surface area contributed by atoms with E-state index in [-0.39, 0.29) is 11.9 Å². The number of benzene rings is 1. The number of hydrogen-bond acceptors (Lipinski definition) is 5. The van der Waals surface area contributed by atoms with Gasteiger partial charge in [-0.25, -0.2) is 13.4 Å². The second-order valence-corrected chi connectivity index (χ2v) is 8.50. The third kappa shape index (κ3) is 5.82. The van der Waals surface area contributed by atoms with Gasteiger partial charge < -0.3 is 5.32 Å². The van der Waals surface area contributed by atoms with Crippen LogP contribution in [0.15, 0.2) is 29.6 Å². The van der Waals surface area contributed by atoms with Gasteiger partial charge in [-0.2, -0.15) is 0 Å². The third-order valence-corrected chi connectivity index (χ3v) is 5.05. The van der Waals surface area contributed by atoms with E-state index in [0.717, 1.165) is 16.3 Å². The Hall–Kier alpha value is -1.93. The van der Waals surface area contributed by atoms with Crippen LogP contribution in [-0.2, 0) is 22.1 Å². The van der Waals surface area contributed by atoms with Gasteiger partial charge in [-0.3, -0.25) is 9.52 Å². The zero-order valence-corrected chi connectivity index (χ0v) is 16.4. The van der Waals surface area contributed by atoms with Crippen molar-refractivity contribution in [1.29, 1.82) is 0 Å². The van der Waals surface area contributed by atoms with E-state index in [1.54, 1.807) is 12.1 Å². The first-order valence-electron chi connectivity index (χ1n) is 7.88. The number of nitrogens with one attached hydrogen (secondary N) is 2. The molecule has 0 aliphatic carbocycles. The van der Waals surface area contributed by atoms with E-state index < -0.39 is 16.3 Å². The molecule has 0 saturated carbocycles. The molecule has 8 heteroatoms. The molecule has 2 aromatic rings. The Labute approximate surface area is 153 Å². The Kier molecular flexibility index (Phi) is 6.18. The molecule has 0 fully saturated rings. The van der Waals surface area contributed by atoms with Crippen LogP contribution >= 0.6 is 11.3 Å². The fourth-order valence-corrected chi connectivity index (χ4v) is 3.37. The molecule has 0 aliphatic heterocycles. The lowest BCUT2D eigenvalue weighted by atomic mass is 9.94. The summed E-state index contributed by atoms with van der Waals surface area (Å²) in [5.74, 6) is -0.0352. The number of aryl methyl sites for hydroxylation is 1. The summed E-state index contributed by atoms with van der Waals surface area (Å²) in [5.41, 5.74) is 1.94. The summed E-state index contributed by atoms with van der Waals surface area (Å²) < 4.78 is 23.8. The molecule has 2 N–H and O–H groups in total. The Balaban J connectivity index is 2.19. The van der Waals surface area contributed by atoms with Gasteiger partial charge in [0.2, 0.25) is 16.8 Å². The molecule has 1 atom stereocenters. The lowest BCUT2D eigenvalue weighted by Gasteiger charge is -2.23. The predicted molar refractivity (Wildman–Crippen MR) is 101 cm³/mol. The van der Waals surface area contributed by atoms with Crippen molar-refractivity contribution in [3.05, 3.63) is 45.9 Å². The Morgan fingerprint density at radius 3 is 2.36 bits per heavy atom. The Bertz CT molecular complexity index is 797. The summed E-state index contributed by atoms with van der Waals surface area (Å²) in [5, 5.41) is 5.90. The first kappa shape index (κ1) is 19.4. The highest BCUT2D eigenvalue weighted by molar-refractivity contribution is 7.73. The van der Waals surface area contributed by atoms with Crippen LogP contribution in [0.3, 0.4) is 0 Å². The van der Waals surface area contributed by atoms with Crippen LogP contribution in [0.2, 0.25) is 0 Å². The molecule has 6 nitrogen and oxygen atoms in total. The van der Waals surface area contributed by atoms with Crippen molar-refractivity contribution in [3.8, 4) is 0 Å². The number of carbonyl (C=O) groups excluding carboxylic acids is 1. The molecule has 1 aromatic carbocycles. The van der Waals surface area contributed by atoms with Crippen LogP contribution < -0.4 is 10.0 Å². The maximum absolute atomic E-state index is 12.4. The molecule has 0 aliphatic rings. The number of nitrogens with zero attached hydrogens (tertiary/aromatic N) is 1. The van der Waals surface area contributed by atoms with E-state index in [1.165, 1.54) is 11.3 Å². The molecule has 1 aromatic heterocycles. The topological polar surface area (TPSA) is 88.2 Å². The van der Waals surface area contributed by atoms with Crippen molar-refractivity contribution in [3.63, 3.8) is 0 Å². The zero-order valence-electron chi connectivity index (χ0n) is 14.7. The number of thiol groups is 1. The highest BCUT2D eigenvalue weighted by atomic mass is 32.2. The second kappa shape index (κ2) is 7.97. The minimum Gasteiger partial charge on any atom is -0.346 e. The first-order chi connectivity index (χ1) is 11.6. The largest absolute Gasteiger partial charge is 0.346 e. The quantitative estimate of drug-likeness (QED) is 0.672. The van der Waals surface area contributed by atoms with Crippen molar-refractivity contribution in [1.82, 2.24) is 10.3 Å². The number of aromatic nitrogens is 1. The molecule has 136 valence electrons. The molecule has 0 unspecified atom stereocenters. The van der Waals surface area contributed by atoms with E-state index >= 15 is 0 Å². The minimum atomic E-state index is -2.68. The molecule has 1 heterocycles. The fourth-order valence-electron chi connectivity index (χ4n) is 2.16. The van der Waals surface area contributed by atoms with Crippen LogP contribution in [0.4, 0.5) is 5.69 Å². The van der Waals surface area contributed by atoms with Gasteiger partial charge in [0.15, 0.2) is 0 Å². The maximum atomic E-state index is 12.4. The highest BCUT2D eigenvalue weighted by Crippen LogP contribution is 2.25. The SMILES string of the molecule is Cc1csc([C@H](Cc2ccc(N[SH](=O)=O)cc2)NC(=O)C(C)(C)C)n1. The molecule has 0 saturated heterocycles. The highest BCUT2D eigenvalue weighted by Gasteiger charge is 2.26. The fraction of sp³-hybridized carbons (Fsp3) is 0.412. The van der Waals surface area contributed by atoms with Crippen molar-refractivity contribution in [2.45, 2.75) is 40.2 Å². The number of amides is 1. The molecular formula is C17H23N3O3S2. The summed E-state index contributed by atoms with van der Waals surface area (Å²) >= 11 is 1.52. The maximum Gasteiger partial charge on any atom is 0.225 e. The summed E-state index contributed by atoms with van der Waals surface area (Å²) in [6.07, 6.45) is 0.582. The van der Waals surface area contributed by atoms with Gasteiger partial charge in [-0.05, 0) is 31.0 Å².